The van der Waals surface area contributed by atoms with Crippen LogP contribution in [0.3, 0.4) is 0 Å². The van der Waals surface area contributed by atoms with Crippen LogP contribution in [-0.4, -0.2) is 12.1 Å². The van der Waals surface area contributed by atoms with Crippen molar-refractivity contribution in [2.45, 2.75) is 76.3 Å². The average molecular weight is 181 g/mol. The Kier molecular flexibility index (Phi) is 3.65. The number of nitrogens with one attached hydrogen (secondary N) is 1. The summed E-state index contributed by atoms with van der Waals surface area (Å²) in [6, 6.07) is 1.76. The van der Waals surface area contributed by atoms with Crippen LogP contribution >= 0.6 is 0 Å². The van der Waals surface area contributed by atoms with E-state index in [-0.39, 0.29) is 0 Å². The first-order chi connectivity index (χ1) is 6.45. The largest absolute Gasteiger partial charge is 0.311 e. The van der Waals surface area contributed by atoms with Crippen LogP contribution in [0.5, 0.6) is 0 Å². The van der Waals surface area contributed by atoms with E-state index in [9.17, 15) is 0 Å². The van der Waals surface area contributed by atoms with E-state index < -0.39 is 0 Å². The minimum Gasteiger partial charge on any atom is -0.311 e. The number of hydrogen-bond donors (Lipinski definition) is 1. The third-order valence-corrected chi connectivity index (χ3v) is 3.68. The fourth-order valence-corrected chi connectivity index (χ4v) is 2.53. The van der Waals surface area contributed by atoms with Crippen LogP contribution in [0.4, 0.5) is 0 Å². The molecule has 2 aliphatic rings. The van der Waals surface area contributed by atoms with E-state index in [1.165, 1.54) is 64.2 Å². The molecule has 0 radical (unpaired) electrons. The molecule has 1 N–H and O–H groups in total. The Balaban J connectivity index is 1.68. The molecule has 0 atom stereocenters. The lowest BCUT2D eigenvalue weighted by Gasteiger charge is -2.32. The van der Waals surface area contributed by atoms with Gasteiger partial charge in [-0.2, -0.15) is 0 Å². The van der Waals surface area contributed by atoms with Crippen molar-refractivity contribution in [1.82, 2.24) is 5.32 Å². The molecule has 2 rings (SSSR count). The van der Waals surface area contributed by atoms with E-state index in [0.29, 0.717) is 0 Å². The predicted molar refractivity (Wildman–Crippen MR) is 56.9 cm³/mol. The van der Waals surface area contributed by atoms with Gasteiger partial charge in [-0.1, -0.05) is 38.5 Å². The summed E-state index contributed by atoms with van der Waals surface area (Å²) in [5, 5.41) is 3.82. The van der Waals surface area contributed by atoms with Gasteiger partial charge >= 0.3 is 0 Å². The van der Waals surface area contributed by atoms with Crippen LogP contribution in [0, 0.1) is 0 Å². The molecule has 0 unspecified atom stereocenters. The average Bonchev–Trinajstić information content (AvgIpc) is 1.99. The Bertz CT molecular complexity index is 132. The van der Waals surface area contributed by atoms with Crippen LogP contribution in [0.25, 0.3) is 0 Å². The molecule has 0 spiro atoms. The van der Waals surface area contributed by atoms with Gasteiger partial charge in [0.25, 0.3) is 0 Å². The SMILES string of the molecule is C1CCCC(NC2CCC2)CCC1. The molecule has 0 amide bonds. The minimum absolute atomic E-state index is 0.866. The summed E-state index contributed by atoms with van der Waals surface area (Å²) in [7, 11) is 0. The van der Waals surface area contributed by atoms with Gasteiger partial charge < -0.3 is 5.32 Å². The van der Waals surface area contributed by atoms with E-state index in [4.69, 9.17) is 0 Å². The molecule has 2 saturated carbocycles. The quantitative estimate of drug-likeness (QED) is 0.689. The van der Waals surface area contributed by atoms with Gasteiger partial charge in [0.1, 0.15) is 0 Å². The number of rotatable bonds is 2. The molecular weight excluding hydrogens is 158 g/mol. The lowest BCUT2D eigenvalue weighted by Crippen LogP contribution is -2.42. The molecule has 76 valence electrons. The zero-order chi connectivity index (χ0) is 8.93. The smallest absolute Gasteiger partial charge is 0.00696 e. The Morgan fingerprint density at radius 2 is 1.00 bits per heavy atom. The fourth-order valence-electron chi connectivity index (χ4n) is 2.53. The zero-order valence-electron chi connectivity index (χ0n) is 8.73. The molecule has 0 heterocycles. The molecule has 0 saturated heterocycles. The van der Waals surface area contributed by atoms with Gasteiger partial charge in [0.15, 0.2) is 0 Å². The molecule has 0 aromatic carbocycles. The van der Waals surface area contributed by atoms with E-state index in [0.717, 1.165) is 12.1 Å². The second-order valence-electron chi connectivity index (χ2n) is 4.84. The van der Waals surface area contributed by atoms with Crippen molar-refractivity contribution < 1.29 is 0 Å². The molecule has 1 heteroatoms. The topological polar surface area (TPSA) is 12.0 Å². The molecule has 13 heavy (non-hydrogen) atoms. The third kappa shape index (κ3) is 2.98. The van der Waals surface area contributed by atoms with Crippen molar-refractivity contribution in [3.05, 3.63) is 0 Å². The molecular formula is C12H23N. The molecule has 0 aromatic heterocycles. The second kappa shape index (κ2) is 4.99. The van der Waals surface area contributed by atoms with E-state index in [1.807, 2.05) is 0 Å². The Morgan fingerprint density at radius 3 is 1.46 bits per heavy atom. The van der Waals surface area contributed by atoms with Crippen molar-refractivity contribution in [2.24, 2.45) is 0 Å². The standard InChI is InChI=1S/C12H23N/c1-2-4-7-11(8-5-3-1)13-12-9-6-10-12/h11-13H,1-10H2. The highest BCUT2D eigenvalue weighted by atomic mass is 15.0. The third-order valence-electron chi connectivity index (χ3n) is 3.68. The summed E-state index contributed by atoms with van der Waals surface area (Å²) >= 11 is 0. The first-order valence-electron chi connectivity index (χ1n) is 6.21. The first kappa shape index (κ1) is 9.51. The van der Waals surface area contributed by atoms with Crippen LogP contribution in [-0.2, 0) is 0 Å². The Morgan fingerprint density at radius 1 is 0.538 bits per heavy atom. The van der Waals surface area contributed by atoms with Crippen molar-refractivity contribution >= 4 is 0 Å². The molecule has 0 aromatic rings. The van der Waals surface area contributed by atoms with E-state index >= 15 is 0 Å². The summed E-state index contributed by atoms with van der Waals surface area (Å²) in [5.41, 5.74) is 0. The summed E-state index contributed by atoms with van der Waals surface area (Å²) in [6.45, 7) is 0. The van der Waals surface area contributed by atoms with Crippen molar-refractivity contribution in [1.29, 1.82) is 0 Å². The molecule has 0 aliphatic heterocycles. The summed E-state index contributed by atoms with van der Waals surface area (Å²) in [6.07, 6.45) is 14.6. The van der Waals surface area contributed by atoms with Crippen LogP contribution in [0.1, 0.15) is 64.2 Å². The van der Waals surface area contributed by atoms with E-state index in [1.54, 1.807) is 0 Å². The van der Waals surface area contributed by atoms with Gasteiger partial charge in [0.05, 0.1) is 0 Å². The number of hydrogen-bond acceptors (Lipinski definition) is 1. The molecule has 2 fully saturated rings. The monoisotopic (exact) mass is 181 g/mol. The van der Waals surface area contributed by atoms with Crippen LogP contribution < -0.4 is 5.32 Å². The lowest BCUT2D eigenvalue weighted by atomic mass is 9.90. The Hall–Kier alpha value is -0.0400. The van der Waals surface area contributed by atoms with Crippen LogP contribution in [0.15, 0.2) is 0 Å². The lowest BCUT2D eigenvalue weighted by molar-refractivity contribution is 0.275. The Labute approximate surface area is 82.3 Å². The predicted octanol–water partition coefficient (Wildman–Crippen LogP) is 3.24. The van der Waals surface area contributed by atoms with Gasteiger partial charge in [0, 0.05) is 12.1 Å². The van der Waals surface area contributed by atoms with Crippen LogP contribution in [0.2, 0.25) is 0 Å². The first-order valence-corrected chi connectivity index (χ1v) is 6.21. The van der Waals surface area contributed by atoms with E-state index in [2.05, 4.69) is 5.32 Å². The van der Waals surface area contributed by atoms with Gasteiger partial charge in [-0.25, -0.2) is 0 Å². The van der Waals surface area contributed by atoms with Crippen molar-refractivity contribution in [3.63, 3.8) is 0 Å². The summed E-state index contributed by atoms with van der Waals surface area (Å²) in [4.78, 5) is 0. The molecule has 1 nitrogen and oxygen atoms in total. The molecule has 0 bridgehead atoms. The van der Waals surface area contributed by atoms with Gasteiger partial charge in [-0.15, -0.1) is 0 Å². The maximum absolute atomic E-state index is 3.82. The summed E-state index contributed by atoms with van der Waals surface area (Å²) < 4.78 is 0. The van der Waals surface area contributed by atoms with Gasteiger partial charge in [-0.3, -0.25) is 0 Å². The second-order valence-corrected chi connectivity index (χ2v) is 4.84. The summed E-state index contributed by atoms with van der Waals surface area (Å²) in [5.74, 6) is 0. The maximum atomic E-state index is 3.82. The van der Waals surface area contributed by atoms with Crippen molar-refractivity contribution in [3.8, 4) is 0 Å². The highest BCUT2D eigenvalue weighted by Crippen LogP contribution is 2.22. The molecule has 2 aliphatic carbocycles. The van der Waals surface area contributed by atoms with Gasteiger partial charge in [0.2, 0.25) is 0 Å². The fraction of sp³-hybridized carbons (Fsp3) is 1.00. The highest BCUT2D eigenvalue weighted by Gasteiger charge is 2.20. The minimum atomic E-state index is 0.866. The normalized spacial score (nSPS) is 27.7. The zero-order valence-corrected chi connectivity index (χ0v) is 8.73. The highest BCUT2D eigenvalue weighted by molar-refractivity contribution is 4.81. The van der Waals surface area contributed by atoms with Crippen molar-refractivity contribution in [2.75, 3.05) is 0 Å². The maximum Gasteiger partial charge on any atom is 0.00696 e. The van der Waals surface area contributed by atoms with Gasteiger partial charge in [-0.05, 0) is 25.7 Å².